The van der Waals surface area contributed by atoms with Crippen LogP contribution < -0.4 is 5.73 Å². The van der Waals surface area contributed by atoms with E-state index in [1.165, 1.54) is 32.1 Å². The number of nitrogens with two attached hydrogens (primary N) is 1. The largest absolute Gasteiger partial charge is 0.387 e. The van der Waals surface area contributed by atoms with E-state index in [1.54, 1.807) is 0 Å². The number of hydrogen-bond acceptors (Lipinski definition) is 3. The molecule has 2 saturated carbocycles. The lowest BCUT2D eigenvalue weighted by molar-refractivity contribution is -0.0796. The van der Waals surface area contributed by atoms with E-state index in [2.05, 4.69) is 0 Å². The molecule has 0 amide bonds. The summed E-state index contributed by atoms with van der Waals surface area (Å²) < 4.78 is 5.84. The van der Waals surface area contributed by atoms with Crippen LogP contribution in [0.3, 0.4) is 0 Å². The molecule has 3 N–H and O–H groups in total. The minimum atomic E-state index is -0.537. The molecule has 3 heteroatoms. The van der Waals surface area contributed by atoms with E-state index in [4.69, 9.17) is 10.5 Å². The highest BCUT2D eigenvalue weighted by Crippen LogP contribution is 2.31. The van der Waals surface area contributed by atoms with Crippen molar-refractivity contribution in [3.8, 4) is 0 Å². The first-order chi connectivity index (χ1) is 8.73. The van der Waals surface area contributed by atoms with Gasteiger partial charge in [0.15, 0.2) is 0 Å². The Kier molecular flexibility index (Phi) is 5.46. The first-order valence-corrected chi connectivity index (χ1v) is 7.74. The van der Waals surface area contributed by atoms with Crippen molar-refractivity contribution in [2.75, 3.05) is 19.8 Å². The highest BCUT2D eigenvalue weighted by Gasteiger charge is 2.30. The summed E-state index contributed by atoms with van der Waals surface area (Å²) in [5.74, 6) is 1.26. The van der Waals surface area contributed by atoms with Crippen LogP contribution in [-0.2, 0) is 4.74 Å². The van der Waals surface area contributed by atoms with Gasteiger partial charge in [-0.15, -0.1) is 0 Å². The van der Waals surface area contributed by atoms with Crippen molar-refractivity contribution in [1.82, 2.24) is 0 Å². The van der Waals surface area contributed by atoms with Gasteiger partial charge in [0.2, 0.25) is 0 Å². The second kappa shape index (κ2) is 6.88. The molecule has 2 unspecified atom stereocenters. The Hall–Kier alpha value is -0.120. The summed E-state index contributed by atoms with van der Waals surface area (Å²) in [5, 5.41) is 10.4. The van der Waals surface area contributed by atoms with Gasteiger partial charge in [0.1, 0.15) is 0 Å². The zero-order valence-corrected chi connectivity index (χ0v) is 11.6. The molecule has 3 nitrogen and oxygen atoms in total. The van der Waals surface area contributed by atoms with Crippen molar-refractivity contribution >= 4 is 0 Å². The van der Waals surface area contributed by atoms with Crippen LogP contribution in [-0.4, -0.2) is 30.5 Å². The smallest absolute Gasteiger partial charge is 0.0880 e. The van der Waals surface area contributed by atoms with Crippen LogP contribution in [0.5, 0.6) is 0 Å². The second-order valence-corrected chi connectivity index (χ2v) is 6.34. The fourth-order valence-corrected chi connectivity index (χ4v) is 3.57. The Morgan fingerprint density at radius 3 is 2.33 bits per heavy atom. The number of ether oxygens (including phenoxy) is 1. The summed E-state index contributed by atoms with van der Waals surface area (Å²) in [6.45, 7) is 2.11. The monoisotopic (exact) mass is 255 g/mol. The van der Waals surface area contributed by atoms with E-state index in [-0.39, 0.29) is 0 Å². The van der Waals surface area contributed by atoms with Crippen molar-refractivity contribution in [2.45, 2.75) is 63.4 Å². The van der Waals surface area contributed by atoms with E-state index in [0.29, 0.717) is 18.4 Å². The number of rotatable bonds is 5. The molecule has 18 heavy (non-hydrogen) atoms. The Morgan fingerprint density at radius 1 is 1.00 bits per heavy atom. The molecule has 2 aliphatic rings. The Labute approximate surface area is 111 Å². The average molecular weight is 255 g/mol. The lowest BCUT2D eigenvalue weighted by atomic mass is 9.79. The van der Waals surface area contributed by atoms with Gasteiger partial charge in [0.25, 0.3) is 0 Å². The highest BCUT2D eigenvalue weighted by atomic mass is 16.5. The maximum atomic E-state index is 10.4. The summed E-state index contributed by atoms with van der Waals surface area (Å²) in [4.78, 5) is 0. The van der Waals surface area contributed by atoms with Crippen LogP contribution in [0.1, 0.15) is 57.8 Å². The molecule has 0 heterocycles. The van der Waals surface area contributed by atoms with Crippen LogP contribution in [0.15, 0.2) is 0 Å². The first-order valence-electron chi connectivity index (χ1n) is 7.74. The number of hydrogen-bond donors (Lipinski definition) is 2. The van der Waals surface area contributed by atoms with Crippen molar-refractivity contribution in [1.29, 1.82) is 0 Å². The maximum Gasteiger partial charge on any atom is 0.0880 e. The predicted molar refractivity (Wildman–Crippen MR) is 73.4 cm³/mol. The van der Waals surface area contributed by atoms with Gasteiger partial charge in [-0.3, -0.25) is 0 Å². The minimum absolute atomic E-state index is 0.529. The highest BCUT2D eigenvalue weighted by molar-refractivity contribution is 4.82. The van der Waals surface area contributed by atoms with Crippen molar-refractivity contribution in [3.63, 3.8) is 0 Å². The molecule has 0 aliphatic heterocycles. The molecule has 2 atom stereocenters. The van der Waals surface area contributed by atoms with Gasteiger partial charge in [0.05, 0.1) is 12.2 Å². The van der Waals surface area contributed by atoms with Crippen LogP contribution in [0, 0.1) is 11.8 Å². The zero-order chi connectivity index (χ0) is 12.8. The van der Waals surface area contributed by atoms with Gasteiger partial charge in [0, 0.05) is 6.61 Å². The SMILES string of the molecule is NCC1CCCCC1COCC1(O)CCCCC1. The lowest BCUT2D eigenvalue weighted by Gasteiger charge is -2.34. The third-order valence-corrected chi connectivity index (χ3v) is 4.86. The Bertz CT molecular complexity index is 239. The van der Waals surface area contributed by atoms with Crippen LogP contribution in [0.2, 0.25) is 0 Å². The Balaban J connectivity index is 1.70. The maximum absolute atomic E-state index is 10.4. The van der Waals surface area contributed by atoms with Crippen LogP contribution >= 0.6 is 0 Å². The molecule has 106 valence electrons. The molecule has 0 aromatic carbocycles. The lowest BCUT2D eigenvalue weighted by Crippen LogP contribution is -2.38. The molecule has 0 saturated heterocycles. The van der Waals surface area contributed by atoms with Crippen LogP contribution in [0.4, 0.5) is 0 Å². The molecule has 0 spiro atoms. The van der Waals surface area contributed by atoms with E-state index >= 15 is 0 Å². The average Bonchev–Trinajstić information content (AvgIpc) is 2.40. The fraction of sp³-hybridized carbons (Fsp3) is 1.00. The van der Waals surface area contributed by atoms with E-state index < -0.39 is 5.60 Å². The summed E-state index contributed by atoms with van der Waals surface area (Å²) in [6, 6.07) is 0. The minimum Gasteiger partial charge on any atom is -0.387 e. The van der Waals surface area contributed by atoms with E-state index in [1.807, 2.05) is 0 Å². The van der Waals surface area contributed by atoms with Crippen molar-refractivity contribution in [3.05, 3.63) is 0 Å². The standard InChI is InChI=1S/C15H29NO2/c16-10-13-6-2-3-7-14(13)11-18-12-15(17)8-4-1-5-9-15/h13-14,17H,1-12,16H2. The van der Waals surface area contributed by atoms with Gasteiger partial charge in [-0.25, -0.2) is 0 Å². The van der Waals surface area contributed by atoms with E-state index in [9.17, 15) is 5.11 Å². The normalized spacial score (nSPS) is 32.3. The summed E-state index contributed by atoms with van der Waals surface area (Å²) in [5.41, 5.74) is 5.29. The van der Waals surface area contributed by atoms with E-state index in [0.717, 1.165) is 38.8 Å². The molecule has 0 aromatic rings. The molecule has 2 rings (SSSR count). The van der Waals surface area contributed by atoms with Gasteiger partial charge in [-0.1, -0.05) is 32.1 Å². The van der Waals surface area contributed by atoms with Gasteiger partial charge in [-0.2, -0.15) is 0 Å². The number of aliphatic hydroxyl groups is 1. The molecule has 0 bridgehead atoms. The molecular formula is C15H29NO2. The van der Waals surface area contributed by atoms with Gasteiger partial charge < -0.3 is 15.6 Å². The summed E-state index contributed by atoms with van der Waals surface area (Å²) in [7, 11) is 0. The van der Waals surface area contributed by atoms with Gasteiger partial charge >= 0.3 is 0 Å². The van der Waals surface area contributed by atoms with Gasteiger partial charge in [-0.05, 0) is 44.1 Å². The van der Waals surface area contributed by atoms with Crippen molar-refractivity contribution in [2.24, 2.45) is 17.6 Å². The topological polar surface area (TPSA) is 55.5 Å². The molecule has 0 aromatic heterocycles. The fourth-order valence-electron chi connectivity index (χ4n) is 3.57. The molecule has 2 aliphatic carbocycles. The second-order valence-electron chi connectivity index (χ2n) is 6.34. The molecule has 0 radical (unpaired) electrons. The van der Waals surface area contributed by atoms with Crippen molar-refractivity contribution < 1.29 is 9.84 Å². The quantitative estimate of drug-likeness (QED) is 0.793. The predicted octanol–water partition coefficient (Wildman–Crippen LogP) is 2.46. The van der Waals surface area contributed by atoms with Crippen LogP contribution in [0.25, 0.3) is 0 Å². The summed E-state index contributed by atoms with van der Waals surface area (Å²) in [6.07, 6.45) is 10.5. The first kappa shape index (κ1) is 14.3. The third-order valence-electron chi connectivity index (χ3n) is 4.86. The zero-order valence-electron chi connectivity index (χ0n) is 11.6. The Morgan fingerprint density at radius 2 is 1.67 bits per heavy atom. The third kappa shape index (κ3) is 3.94. The molecule has 2 fully saturated rings. The molecular weight excluding hydrogens is 226 g/mol. The summed E-state index contributed by atoms with van der Waals surface area (Å²) >= 11 is 0.